The fourth-order valence-electron chi connectivity index (χ4n) is 1.65. The zero-order valence-electron chi connectivity index (χ0n) is 12.1. The van der Waals surface area contributed by atoms with Crippen molar-refractivity contribution in [2.45, 2.75) is 24.8 Å². The van der Waals surface area contributed by atoms with E-state index in [2.05, 4.69) is 21.9 Å². The Morgan fingerprint density at radius 3 is 2.62 bits per heavy atom. The first-order valence-electron chi connectivity index (χ1n) is 6.26. The van der Waals surface area contributed by atoms with E-state index in [0.717, 1.165) is 0 Å². The predicted molar refractivity (Wildman–Crippen MR) is 79.0 cm³/mol. The standard InChI is InChI=1S/C14H18N2O4S/c1-10-9-13(7-6-12(10)5-4-8-17)21(19,20)16-11(2)14(18)15-3/h6-7,9,11,16-17H,8H2,1-3H3,(H,15,18). The molecule has 0 aliphatic heterocycles. The maximum atomic E-state index is 12.2. The third-order valence-corrected chi connectivity index (χ3v) is 4.32. The average Bonchev–Trinajstić information content (AvgIpc) is 2.44. The quantitative estimate of drug-likeness (QED) is 0.668. The van der Waals surface area contributed by atoms with Crippen LogP contribution in [0.15, 0.2) is 23.1 Å². The van der Waals surface area contributed by atoms with Crippen LogP contribution in [0, 0.1) is 18.8 Å². The fourth-order valence-corrected chi connectivity index (χ4v) is 2.94. The van der Waals surface area contributed by atoms with Crippen LogP contribution in [0.4, 0.5) is 0 Å². The molecule has 21 heavy (non-hydrogen) atoms. The van der Waals surface area contributed by atoms with Crippen molar-refractivity contribution < 1.29 is 18.3 Å². The van der Waals surface area contributed by atoms with Crippen molar-refractivity contribution >= 4 is 15.9 Å². The molecule has 0 heterocycles. The number of sulfonamides is 1. The minimum Gasteiger partial charge on any atom is -0.384 e. The summed E-state index contributed by atoms with van der Waals surface area (Å²) >= 11 is 0. The molecule has 0 spiro atoms. The molecule has 1 aromatic carbocycles. The molecule has 1 atom stereocenters. The predicted octanol–water partition coefficient (Wildman–Crippen LogP) is -0.248. The minimum absolute atomic E-state index is 0.0605. The lowest BCUT2D eigenvalue weighted by atomic mass is 10.1. The Balaban J connectivity index is 3.05. The third kappa shape index (κ3) is 4.56. The van der Waals surface area contributed by atoms with E-state index in [0.29, 0.717) is 11.1 Å². The molecule has 0 aromatic heterocycles. The van der Waals surface area contributed by atoms with E-state index < -0.39 is 22.0 Å². The number of rotatable bonds is 4. The Hall–Kier alpha value is -1.88. The third-order valence-electron chi connectivity index (χ3n) is 2.78. The van der Waals surface area contributed by atoms with Crippen LogP contribution in [0.25, 0.3) is 0 Å². The van der Waals surface area contributed by atoms with Crippen molar-refractivity contribution in [3.8, 4) is 11.8 Å². The summed E-state index contributed by atoms with van der Waals surface area (Å²) in [6, 6.07) is 3.58. The van der Waals surface area contributed by atoms with Crippen LogP contribution in [-0.2, 0) is 14.8 Å². The van der Waals surface area contributed by atoms with Crippen LogP contribution in [0.2, 0.25) is 0 Å². The van der Waals surface area contributed by atoms with Gasteiger partial charge in [-0.15, -0.1) is 0 Å². The van der Waals surface area contributed by atoms with Gasteiger partial charge in [-0.2, -0.15) is 4.72 Å². The lowest BCUT2D eigenvalue weighted by Gasteiger charge is -2.13. The summed E-state index contributed by atoms with van der Waals surface area (Å²) in [5.41, 5.74) is 1.31. The highest BCUT2D eigenvalue weighted by Crippen LogP contribution is 2.15. The zero-order chi connectivity index (χ0) is 16.0. The second kappa shape index (κ2) is 7.22. The molecule has 0 aliphatic rings. The molecule has 1 rings (SSSR count). The normalized spacial score (nSPS) is 12.2. The van der Waals surface area contributed by atoms with Gasteiger partial charge in [0, 0.05) is 12.6 Å². The van der Waals surface area contributed by atoms with Crippen LogP contribution in [0.5, 0.6) is 0 Å². The summed E-state index contributed by atoms with van der Waals surface area (Å²) in [7, 11) is -2.35. The number of nitrogens with one attached hydrogen (secondary N) is 2. The molecule has 0 radical (unpaired) electrons. The van der Waals surface area contributed by atoms with Gasteiger partial charge in [0.25, 0.3) is 0 Å². The summed E-state index contributed by atoms with van der Waals surface area (Å²) in [6.07, 6.45) is 0. The molecule has 114 valence electrons. The summed E-state index contributed by atoms with van der Waals surface area (Å²) in [5.74, 6) is 4.82. The monoisotopic (exact) mass is 310 g/mol. The lowest BCUT2D eigenvalue weighted by Crippen LogP contribution is -2.43. The van der Waals surface area contributed by atoms with Crippen molar-refractivity contribution in [2.24, 2.45) is 0 Å². The molecule has 0 saturated carbocycles. The van der Waals surface area contributed by atoms with Gasteiger partial charge in [-0.25, -0.2) is 8.42 Å². The van der Waals surface area contributed by atoms with Crippen molar-refractivity contribution in [3.05, 3.63) is 29.3 Å². The summed E-state index contributed by atoms with van der Waals surface area (Å²) in [4.78, 5) is 11.4. The zero-order valence-corrected chi connectivity index (χ0v) is 12.9. The molecule has 3 N–H and O–H groups in total. The number of aryl methyl sites for hydroxylation is 1. The van der Waals surface area contributed by atoms with Gasteiger partial charge >= 0.3 is 0 Å². The smallest absolute Gasteiger partial charge is 0.241 e. The first kappa shape index (κ1) is 17.2. The molecular weight excluding hydrogens is 292 g/mol. The van der Waals surface area contributed by atoms with Gasteiger partial charge in [0.05, 0.1) is 10.9 Å². The molecule has 7 heteroatoms. The molecule has 1 amide bonds. The second-order valence-corrected chi connectivity index (χ2v) is 6.11. The molecular formula is C14H18N2O4S. The number of carbonyl (C=O) groups excluding carboxylic acids is 1. The largest absolute Gasteiger partial charge is 0.384 e. The van der Waals surface area contributed by atoms with Crippen molar-refractivity contribution in [1.82, 2.24) is 10.0 Å². The van der Waals surface area contributed by atoms with Gasteiger partial charge < -0.3 is 10.4 Å². The average molecular weight is 310 g/mol. The number of amides is 1. The Kier molecular flexibility index (Phi) is 5.90. The Labute approximate surface area is 124 Å². The Bertz CT molecular complexity index is 687. The van der Waals surface area contributed by atoms with Crippen LogP contribution >= 0.6 is 0 Å². The van der Waals surface area contributed by atoms with E-state index >= 15 is 0 Å². The van der Waals surface area contributed by atoms with Crippen LogP contribution in [0.1, 0.15) is 18.1 Å². The van der Waals surface area contributed by atoms with Gasteiger partial charge in [0.2, 0.25) is 15.9 Å². The Morgan fingerprint density at radius 2 is 2.10 bits per heavy atom. The molecule has 1 aromatic rings. The van der Waals surface area contributed by atoms with Gasteiger partial charge in [0.15, 0.2) is 0 Å². The Morgan fingerprint density at radius 1 is 1.43 bits per heavy atom. The highest BCUT2D eigenvalue weighted by molar-refractivity contribution is 7.89. The van der Waals surface area contributed by atoms with Crippen molar-refractivity contribution in [3.63, 3.8) is 0 Å². The highest BCUT2D eigenvalue weighted by atomic mass is 32.2. The first-order valence-corrected chi connectivity index (χ1v) is 7.74. The fraction of sp³-hybridized carbons (Fsp3) is 0.357. The molecule has 0 bridgehead atoms. The molecule has 1 unspecified atom stereocenters. The number of aliphatic hydroxyl groups is 1. The minimum atomic E-state index is -3.78. The summed E-state index contributed by atoms with van der Waals surface area (Å²) < 4.78 is 26.6. The van der Waals surface area contributed by atoms with Crippen LogP contribution < -0.4 is 10.0 Å². The maximum Gasteiger partial charge on any atom is 0.241 e. The molecule has 0 fully saturated rings. The molecule has 6 nitrogen and oxygen atoms in total. The summed E-state index contributed by atoms with van der Waals surface area (Å²) in [5, 5.41) is 11.0. The van der Waals surface area contributed by atoms with E-state index in [1.807, 2.05) is 0 Å². The molecule has 0 saturated heterocycles. The number of hydrogen-bond acceptors (Lipinski definition) is 4. The van der Waals surface area contributed by atoms with E-state index in [9.17, 15) is 13.2 Å². The molecule has 0 aliphatic carbocycles. The lowest BCUT2D eigenvalue weighted by molar-refractivity contribution is -0.121. The maximum absolute atomic E-state index is 12.2. The van der Waals surface area contributed by atoms with E-state index in [-0.39, 0.29) is 11.5 Å². The van der Waals surface area contributed by atoms with E-state index in [1.165, 1.54) is 26.1 Å². The topological polar surface area (TPSA) is 95.5 Å². The summed E-state index contributed by atoms with van der Waals surface area (Å²) in [6.45, 7) is 2.93. The van der Waals surface area contributed by atoms with E-state index in [4.69, 9.17) is 5.11 Å². The van der Waals surface area contributed by atoms with E-state index in [1.54, 1.807) is 13.0 Å². The number of aliphatic hydroxyl groups excluding tert-OH is 1. The second-order valence-electron chi connectivity index (χ2n) is 4.39. The first-order chi connectivity index (χ1) is 9.81. The van der Waals surface area contributed by atoms with Crippen LogP contribution in [-0.4, -0.2) is 39.1 Å². The van der Waals surface area contributed by atoms with Crippen molar-refractivity contribution in [2.75, 3.05) is 13.7 Å². The van der Waals surface area contributed by atoms with Gasteiger partial charge in [-0.1, -0.05) is 11.8 Å². The number of likely N-dealkylation sites (N-methyl/N-ethyl adjacent to an activating group) is 1. The van der Waals surface area contributed by atoms with Crippen LogP contribution in [0.3, 0.4) is 0 Å². The number of hydrogen-bond donors (Lipinski definition) is 3. The SMILES string of the molecule is CNC(=O)C(C)NS(=O)(=O)c1ccc(C#CCO)c(C)c1. The van der Waals surface area contributed by atoms with Gasteiger partial charge in [-0.3, -0.25) is 4.79 Å². The number of carbonyl (C=O) groups is 1. The van der Waals surface area contributed by atoms with Gasteiger partial charge in [0.1, 0.15) is 6.61 Å². The van der Waals surface area contributed by atoms with Crippen molar-refractivity contribution in [1.29, 1.82) is 0 Å². The van der Waals surface area contributed by atoms with Gasteiger partial charge in [-0.05, 0) is 37.6 Å². The highest BCUT2D eigenvalue weighted by Gasteiger charge is 2.21. The number of benzene rings is 1.